The second-order valence-electron chi connectivity index (χ2n) is 6.18. The Balaban J connectivity index is 1.56. The Kier molecular flexibility index (Phi) is 3.01. The van der Waals surface area contributed by atoms with E-state index in [9.17, 15) is 13.2 Å². The van der Waals surface area contributed by atoms with E-state index < -0.39 is 10.0 Å². The molecule has 3 saturated heterocycles. The predicted octanol–water partition coefficient (Wildman–Crippen LogP) is 0.170. The summed E-state index contributed by atoms with van der Waals surface area (Å²) in [6.45, 7) is 4.36. The third kappa shape index (κ3) is 2.33. The number of carbonyl (C=O) groups excluding carboxylic acids is 1. The normalized spacial score (nSPS) is 27.0. The molecule has 3 rings (SSSR count). The molecule has 0 aromatic carbocycles. The van der Waals surface area contributed by atoms with Gasteiger partial charge >= 0.3 is 6.03 Å². The van der Waals surface area contributed by atoms with Crippen LogP contribution in [0.5, 0.6) is 0 Å². The zero-order valence-corrected chi connectivity index (χ0v) is 12.2. The molecule has 0 aromatic heterocycles. The Morgan fingerprint density at radius 3 is 2.16 bits per heavy atom. The summed E-state index contributed by atoms with van der Waals surface area (Å²) in [7, 11) is -3.08. The van der Waals surface area contributed by atoms with Gasteiger partial charge in [-0.1, -0.05) is 0 Å². The van der Waals surface area contributed by atoms with Gasteiger partial charge in [0.2, 0.25) is 10.0 Å². The van der Waals surface area contributed by atoms with Crippen LogP contribution in [0.15, 0.2) is 0 Å². The molecule has 0 atom stereocenters. The first kappa shape index (κ1) is 13.2. The molecule has 3 aliphatic rings. The summed E-state index contributed by atoms with van der Waals surface area (Å²) >= 11 is 0. The van der Waals surface area contributed by atoms with Gasteiger partial charge in [-0.05, 0) is 19.3 Å². The first-order chi connectivity index (χ1) is 8.90. The molecule has 19 heavy (non-hydrogen) atoms. The van der Waals surface area contributed by atoms with Gasteiger partial charge in [0.15, 0.2) is 0 Å². The number of rotatable bonds is 1. The highest BCUT2D eigenvalue weighted by Crippen LogP contribution is 2.40. The van der Waals surface area contributed by atoms with Crippen LogP contribution in [-0.4, -0.2) is 74.1 Å². The van der Waals surface area contributed by atoms with Crippen LogP contribution < -0.4 is 0 Å². The van der Waals surface area contributed by atoms with Crippen LogP contribution in [0.2, 0.25) is 0 Å². The van der Waals surface area contributed by atoms with Gasteiger partial charge in [-0.2, -0.15) is 0 Å². The second-order valence-corrected chi connectivity index (χ2v) is 8.16. The average Bonchev–Trinajstić information content (AvgIpc) is 2.94. The monoisotopic (exact) mass is 287 g/mol. The first-order valence-electron chi connectivity index (χ1n) is 6.89. The molecule has 0 N–H and O–H groups in total. The smallest absolute Gasteiger partial charge is 0.320 e. The largest absolute Gasteiger partial charge is 0.325 e. The minimum absolute atomic E-state index is 0.0263. The fraction of sp³-hybridized carbons (Fsp3) is 0.917. The molecule has 108 valence electrons. The minimum Gasteiger partial charge on any atom is -0.325 e. The molecule has 2 amide bonds. The van der Waals surface area contributed by atoms with Gasteiger partial charge in [0.05, 0.1) is 6.26 Å². The number of sulfonamides is 1. The molecule has 0 unspecified atom stereocenters. The lowest BCUT2D eigenvalue weighted by molar-refractivity contribution is 0.0302. The highest BCUT2D eigenvalue weighted by atomic mass is 32.2. The summed E-state index contributed by atoms with van der Waals surface area (Å²) in [5.41, 5.74) is 0.0263. The van der Waals surface area contributed by atoms with Crippen LogP contribution in [0.1, 0.15) is 19.3 Å². The molecule has 3 aliphatic heterocycles. The van der Waals surface area contributed by atoms with E-state index in [-0.39, 0.29) is 11.4 Å². The summed E-state index contributed by atoms with van der Waals surface area (Å²) in [6, 6.07) is 0.140. The van der Waals surface area contributed by atoms with Gasteiger partial charge in [0, 0.05) is 44.7 Å². The van der Waals surface area contributed by atoms with E-state index in [1.54, 1.807) is 4.31 Å². The SMILES string of the molecule is CS(=O)(=O)N1CCC2(CN(C(=O)N3CCCC3)C2)C1. The third-order valence-corrected chi connectivity index (χ3v) is 5.82. The zero-order valence-electron chi connectivity index (χ0n) is 11.3. The van der Waals surface area contributed by atoms with Gasteiger partial charge in [-0.3, -0.25) is 0 Å². The number of urea groups is 1. The van der Waals surface area contributed by atoms with Crippen molar-refractivity contribution in [3.05, 3.63) is 0 Å². The van der Waals surface area contributed by atoms with Crippen LogP contribution in [0.25, 0.3) is 0 Å². The Morgan fingerprint density at radius 2 is 1.63 bits per heavy atom. The van der Waals surface area contributed by atoms with Crippen molar-refractivity contribution in [3.63, 3.8) is 0 Å². The minimum atomic E-state index is -3.08. The predicted molar refractivity (Wildman–Crippen MR) is 71.2 cm³/mol. The highest BCUT2D eigenvalue weighted by Gasteiger charge is 2.51. The van der Waals surface area contributed by atoms with E-state index in [4.69, 9.17) is 0 Å². The average molecular weight is 287 g/mol. The van der Waals surface area contributed by atoms with Gasteiger partial charge in [0.1, 0.15) is 0 Å². The van der Waals surface area contributed by atoms with Gasteiger partial charge in [0.25, 0.3) is 0 Å². The summed E-state index contributed by atoms with van der Waals surface area (Å²) in [5.74, 6) is 0. The van der Waals surface area contributed by atoms with Gasteiger partial charge in [-0.25, -0.2) is 17.5 Å². The number of nitrogens with zero attached hydrogens (tertiary/aromatic N) is 3. The number of hydrogen-bond acceptors (Lipinski definition) is 3. The first-order valence-corrected chi connectivity index (χ1v) is 8.74. The molecule has 0 bridgehead atoms. The maximum Gasteiger partial charge on any atom is 0.320 e. The Hall–Kier alpha value is -0.820. The van der Waals surface area contributed by atoms with Crippen LogP contribution in [-0.2, 0) is 10.0 Å². The Labute approximate surface area is 114 Å². The van der Waals surface area contributed by atoms with Crippen molar-refractivity contribution < 1.29 is 13.2 Å². The molecule has 0 saturated carbocycles. The maximum atomic E-state index is 12.2. The second kappa shape index (κ2) is 4.34. The topological polar surface area (TPSA) is 60.9 Å². The van der Waals surface area contributed by atoms with Crippen molar-refractivity contribution >= 4 is 16.1 Å². The molecular weight excluding hydrogens is 266 g/mol. The third-order valence-electron chi connectivity index (χ3n) is 4.57. The summed E-state index contributed by atoms with van der Waals surface area (Å²) in [4.78, 5) is 16.0. The number of carbonyl (C=O) groups is 1. The van der Waals surface area contributed by atoms with Crippen molar-refractivity contribution in [1.82, 2.24) is 14.1 Å². The van der Waals surface area contributed by atoms with Crippen molar-refractivity contribution in [3.8, 4) is 0 Å². The lowest BCUT2D eigenvalue weighted by Gasteiger charge is -2.48. The molecule has 0 aromatic rings. The number of hydrogen-bond donors (Lipinski definition) is 0. The summed E-state index contributed by atoms with van der Waals surface area (Å²) < 4.78 is 24.6. The quantitative estimate of drug-likeness (QED) is 0.691. The molecular formula is C12H21N3O3S. The fourth-order valence-electron chi connectivity index (χ4n) is 3.44. The summed E-state index contributed by atoms with van der Waals surface area (Å²) in [6.07, 6.45) is 4.35. The van der Waals surface area contributed by atoms with Gasteiger partial charge < -0.3 is 9.80 Å². The van der Waals surface area contributed by atoms with Crippen molar-refractivity contribution in [1.29, 1.82) is 0 Å². The number of amides is 2. The van der Waals surface area contributed by atoms with E-state index in [2.05, 4.69) is 0 Å². The Morgan fingerprint density at radius 1 is 1.00 bits per heavy atom. The molecule has 3 fully saturated rings. The molecule has 0 aliphatic carbocycles. The van der Waals surface area contributed by atoms with Crippen molar-refractivity contribution in [2.75, 3.05) is 45.5 Å². The van der Waals surface area contributed by atoms with E-state index in [1.165, 1.54) is 6.26 Å². The molecule has 0 radical (unpaired) electrons. The van der Waals surface area contributed by atoms with E-state index >= 15 is 0 Å². The summed E-state index contributed by atoms with van der Waals surface area (Å²) in [5, 5.41) is 0. The molecule has 3 heterocycles. The van der Waals surface area contributed by atoms with Gasteiger partial charge in [-0.15, -0.1) is 0 Å². The standard InChI is InChI=1S/C12H21N3O3S/c1-19(17,18)15-7-4-12(10-15)8-14(9-12)11(16)13-5-2-3-6-13/h2-10H2,1H3. The molecule has 1 spiro atoms. The van der Waals surface area contributed by atoms with Crippen molar-refractivity contribution in [2.24, 2.45) is 5.41 Å². The zero-order chi connectivity index (χ0) is 13.7. The number of likely N-dealkylation sites (tertiary alicyclic amines) is 2. The lowest BCUT2D eigenvalue weighted by Crippen LogP contribution is -2.62. The molecule has 6 nitrogen and oxygen atoms in total. The van der Waals surface area contributed by atoms with Crippen LogP contribution in [0.3, 0.4) is 0 Å². The van der Waals surface area contributed by atoms with Crippen molar-refractivity contribution in [2.45, 2.75) is 19.3 Å². The van der Waals surface area contributed by atoms with Crippen LogP contribution >= 0.6 is 0 Å². The Bertz CT molecular complexity index is 478. The van der Waals surface area contributed by atoms with E-state index in [0.717, 1.165) is 32.4 Å². The van der Waals surface area contributed by atoms with Crippen LogP contribution in [0.4, 0.5) is 4.79 Å². The molecule has 7 heteroatoms. The fourth-order valence-corrected chi connectivity index (χ4v) is 4.37. The maximum absolute atomic E-state index is 12.2. The highest BCUT2D eigenvalue weighted by molar-refractivity contribution is 7.88. The van der Waals surface area contributed by atoms with E-state index in [0.29, 0.717) is 26.2 Å². The van der Waals surface area contributed by atoms with E-state index in [1.807, 2.05) is 9.80 Å². The van der Waals surface area contributed by atoms with Crippen LogP contribution in [0, 0.1) is 5.41 Å². The lowest BCUT2D eigenvalue weighted by atomic mass is 9.79.